The first-order valence-corrected chi connectivity index (χ1v) is 32.0. The van der Waals surface area contributed by atoms with Gasteiger partial charge >= 0.3 is 0 Å². The van der Waals surface area contributed by atoms with Crippen molar-refractivity contribution in [1.29, 1.82) is 0 Å². The summed E-state index contributed by atoms with van der Waals surface area (Å²) in [6, 6.07) is 38.6. The van der Waals surface area contributed by atoms with Crippen molar-refractivity contribution in [2.45, 2.75) is 289 Å². The van der Waals surface area contributed by atoms with Gasteiger partial charge in [0.05, 0.1) is 13.7 Å². The van der Waals surface area contributed by atoms with Crippen LogP contribution in [0.3, 0.4) is 0 Å². The molecule has 85 heavy (non-hydrogen) atoms. The molecule has 0 aromatic heterocycles. The van der Waals surface area contributed by atoms with Crippen molar-refractivity contribution in [2.75, 3.05) is 7.11 Å². The SMILES string of the molecule is CC.CC.CC.CC.CC.CC.COc1c(C)cccc1C(C)(C)C.Cc1cc(C(C)(C)C)ccc1F.Cc1ccc(C(C)(C)C)cc1C.Cc1cccc(C(C)(C)C)c1.Cc1cccc(C(C)(C)C)c1F.[C-]#[N+]c1ccc(C(C)(C)C)cc1C. The maximum atomic E-state index is 13.5. The van der Waals surface area contributed by atoms with Gasteiger partial charge in [-0.3, -0.25) is 0 Å². The Morgan fingerprint density at radius 2 is 0.671 bits per heavy atom. The van der Waals surface area contributed by atoms with Crippen LogP contribution in [0.1, 0.15) is 280 Å². The van der Waals surface area contributed by atoms with Gasteiger partial charge in [-0.15, -0.1) is 0 Å². The maximum Gasteiger partial charge on any atom is 0.190 e. The van der Waals surface area contributed by atoms with Gasteiger partial charge < -0.3 is 4.74 Å². The zero-order valence-corrected chi connectivity index (χ0v) is 62.6. The average molecular weight is 1170 g/mol. The molecule has 0 aliphatic rings. The molecule has 0 amide bonds. The highest BCUT2D eigenvalue weighted by molar-refractivity contribution is 5.53. The van der Waals surface area contributed by atoms with Crippen molar-refractivity contribution in [1.82, 2.24) is 0 Å². The van der Waals surface area contributed by atoms with Gasteiger partial charge in [-0.25, -0.2) is 13.6 Å². The summed E-state index contributed by atoms with van der Waals surface area (Å²) in [5.74, 6) is 0.836. The molecule has 0 spiro atoms. The fraction of sp³-hybridized carbons (Fsp3) is 0.543. The second-order valence-corrected chi connectivity index (χ2v) is 25.8. The van der Waals surface area contributed by atoms with E-state index >= 15 is 0 Å². The molecule has 2 nitrogen and oxygen atoms in total. The van der Waals surface area contributed by atoms with Crippen LogP contribution in [0.15, 0.2) is 115 Å². The van der Waals surface area contributed by atoms with E-state index in [4.69, 9.17) is 11.3 Å². The average Bonchev–Trinajstić information content (AvgIpc) is 3.51. The van der Waals surface area contributed by atoms with Crippen molar-refractivity contribution in [2.24, 2.45) is 0 Å². The molecule has 6 aromatic rings. The largest absolute Gasteiger partial charge is 0.496 e. The van der Waals surface area contributed by atoms with Crippen LogP contribution in [0.25, 0.3) is 4.85 Å². The lowest BCUT2D eigenvalue weighted by Gasteiger charge is -2.23. The summed E-state index contributed by atoms with van der Waals surface area (Å²) < 4.78 is 31.8. The Balaban J connectivity index is -0.000000212. The lowest BCUT2D eigenvalue weighted by atomic mass is 9.85. The summed E-state index contributed by atoms with van der Waals surface area (Å²) in [5, 5.41) is 0. The van der Waals surface area contributed by atoms with Crippen molar-refractivity contribution in [3.63, 3.8) is 0 Å². The Hall–Kier alpha value is -5.53. The minimum atomic E-state index is -0.122. The molecule has 482 valence electrons. The highest BCUT2D eigenvalue weighted by Crippen LogP contribution is 2.34. The van der Waals surface area contributed by atoms with Gasteiger partial charge in [0.1, 0.15) is 17.4 Å². The molecule has 6 rings (SSSR count). The van der Waals surface area contributed by atoms with E-state index in [9.17, 15) is 8.78 Å². The molecule has 0 atom stereocenters. The summed E-state index contributed by atoms with van der Waals surface area (Å²) in [5.41, 5.74) is 16.9. The van der Waals surface area contributed by atoms with Crippen LogP contribution in [-0.4, -0.2) is 7.11 Å². The molecule has 0 radical (unpaired) electrons. The Labute approximate surface area is 528 Å². The molecule has 0 aliphatic heterocycles. The van der Waals surface area contributed by atoms with Crippen LogP contribution in [0.2, 0.25) is 0 Å². The number of ether oxygens (including phenoxy) is 1. The molecule has 0 fully saturated rings. The highest BCUT2D eigenvalue weighted by Gasteiger charge is 2.21. The van der Waals surface area contributed by atoms with Crippen LogP contribution < -0.4 is 4.74 Å². The lowest BCUT2D eigenvalue weighted by Crippen LogP contribution is -2.13. The molecule has 0 bridgehead atoms. The van der Waals surface area contributed by atoms with Crippen LogP contribution >= 0.6 is 0 Å². The summed E-state index contributed by atoms with van der Waals surface area (Å²) in [6.45, 7) is 84.1. The molecule has 0 heterocycles. The van der Waals surface area contributed by atoms with Crippen LogP contribution in [0, 0.1) is 66.7 Å². The lowest BCUT2D eigenvalue weighted by molar-refractivity contribution is 0.394. The number of rotatable bonds is 1. The summed E-state index contributed by atoms with van der Waals surface area (Å²) in [4.78, 5) is 3.44. The van der Waals surface area contributed by atoms with Gasteiger partial charge in [0, 0.05) is 0 Å². The fourth-order valence-corrected chi connectivity index (χ4v) is 7.42. The van der Waals surface area contributed by atoms with Crippen LogP contribution in [0.4, 0.5) is 14.5 Å². The maximum absolute atomic E-state index is 13.5. The molecule has 0 saturated heterocycles. The monoisotopic (exact) mass is 1170 g/mol. The second kappa shape index (κ2) is 44.9. The zero-order valence-electron chi connectivity index (χ0n) is 62.6. The number of benzene rings is 6. The predicted molar refractivity (Wildman–Crippen MR) is 385 cm³/mol. The van der Waals surface area contributed by atoms with Gasteiger partial charge in [-0.1, -0.05) is 322 Å². The summed E-state index contributed by atoms with van der Waals surface area (Å²) in [6.07, 6.45) is 0. The summed E-state index contributed by atoms with van der Waals surface area (Å²) in [7, 11) is 1.73. The van der Waals surface area contributed by atoms with E-state index in [1.165, 1.54) is 56.1 Å². The third kappa shape index (κ3) is 36.9. The molecule has 0 saturated carbocycles. The standard InChI is InChI=1S/C12H15N.C12H18O.C12H18.2C11H15F.C11H16.6C2H6/c1-9-8-10(12(2,3)4)6-7-11(9)13-5;1-9-7-6-8-10(11(9)13-5)12(2,3)4;1-9-6-7-11(8-10(9)2)12(3,4)5;1-8-7-9(11(2,3)4)5-6-10(8)12;1-8-6-5-7-9(10(8)12)11(2,3)4;1-9-6-5-7-10(8-9)11(2,3)4;6*1-2/h6-8H,1-4H3;6-8H,1-5H3;6-8H,1-5H3;2*5-7H,1-4H3;5-8H,1-4H3;6*1-2H3. The smallest absolute Gasteiger partial charge is 0.190 e. The molecule has 0 unspecified atom stereocenters. The van der Waals surface area contributed by atoms with E-state index in [2.05, 4.69) is 203 Å². The third-order valence-corrected chi connectivity index (χ3v) is 12.7. The van der Waals surface area contributed by atoms with E-state index < -0.39 is 0 Å². The van der Waals surface area contributed by atoms with E-state index in [0.29, 0.717) is 0 Å². The van der Waals surface area contributed by atoms with E-state index in [-0.39, 0.29) is 44.1 Å². The van der Waals surface area contributed by atoms with Gasteiger partial charge in [-0.2, -0.15) is 0 Å². The Kier molecular flexibility index (Phi) is 47.8. The number of nitrogens with zero attached hydrogens (tertiary/aromatic N) is 1. The Bertz CT molecular complexity index is 2650. The Morgan fingerprint density at radius 3 is 0.976 bits per heavy atom. The first kappa shape index (κ1) is 90.7. The van der Waals surface area contributed by atoms with Gasteiger partial charge in [-0.05, 0) is 154 Å². The molecular weight excluding hydrogens is 1040 g/mol. The molecular formula is C81H133F2NO. The van der Waals surface area contributed by atoms with Gasteiger partial charge in [0.15, 0.2) is 5.69 Å². The number of halogens is 2. The normalized spacial score (nSPS) is 10.3. The van der Waals surface area contributed by atoms with E-state index in [0.717, 1.165) is 33.7 Å². The van der Waals surface area contributed by atoms with E-state index in [1.807, 2.05) is 147 Å². The topological polar surface area (TPSA) is 13.6 Å². The number of para-hydroxylation sites is 1. The minimum absolute atomic E-state index is 0.0648. The zero-order chi connectivity index (χ0) is 68.7. The van der Waals surface area contributed by atoms with E-state index in [1.54, 1.807) is 27.0 Å². The van der Waals surface area contributed by atoms with Crippen molar-refractivity contribution in [3.05, 3.63) is 211 Å². The summed E-state index contributed by atoms with van der Waals surface area (Å²) >= 11 is 0. The first-order chi connectivity index (χ1) is 39.2. The van der Waals surface area contributed by atoms with Gasteiger partial charge in [0.25, 0.3) is 0 Å². The molecule has 6 aromatic carbocycles. The minimum Gasteiger partial charge on any atom is -0.496 e. The molecule has 0 N–H and O–H groups in total. The van der Waals surface area contributed by atoms with Crippen LogP contribution in [0.5, 0.6) is 5.75 Å². The number of aryl methyl sites for hydroxylation is 7. The first-order valence-electron chi connectivity index (χ1n) is 32.0. The quantitative estimate of drug-likeness (QED) is 0.150. The fourth-order valence-electron chi connectivity index (χ4n) is 7.42. The number of hydrogen-bond acceptors (Lipinski definition) is 1. The molecule has 0 aliphatic carbocycles. The number of methoxy groups -OCH3 is 1. The predicted octanol–water partition coefficient (Wildman–Crippen LogP) is 27.1. The Morgan fingerprint density at radius 1 is 0.329 bits per heavy atom. The van der Waals surface area contributed by atoms with Crippen molar-refractivity contribution in [3.8, 4) is 5.75 Å². The highest BCUT2D eigenvalue weighted by atomic mass is 19.1. The number of hydrogen-bond donors (Lipinski definition) is 0. The molecule has 4 heteroatoms. The van der Waals surface area contributed by atoms with Crippen molar-refractivity contribution >= 4 is 5.69 Å². The van der Waals surface area contributed by atoms with Gasteiger partial charge in [0.2, 0.25) is 0 Å². The second-order valence-electron chi connectivity index (χ2n) is 25.8. The van der Waals surface area contributed by atoms with Crippen LogP contribution in [-0.2, 0) is 32.5 Å². The third-order valence-electron chi connectivity index (χ3n) is 12.7. The van der Waals surface area contributed by atoms with Crippen molar-refractivity contribution < 1.29 is 13.5 Å².